The second-order valence-corrected chi connectivity index (χ2v) is 5.25. The molecule has 0 aliphatic rings. The largest absolute Gasteiger partial charge is 0.452 e. The molecule has 7 nitrogen and oxygen atoms in total. The number of rotatable bonds is 4. The molecule has 0 fully saturated rings. The Hall–Kier alpha value is -3.13. The van der Waals surface area contributed by atoms with Gasteiger partial charge in [-0.3, -0.25) is 20.4 Å². The summed E-state index contributed by atoms with van der Waals surface area (Å²) in [4.78, 5) is 35.1. The standard InChI is InChI=1S/C16H13ClFN3O4/c17-10-3-1-9(2-4-10)15(23)21-20-14(22)8-25-16(24)12-6-5-11(18)7-13(12)19/h1-7H,8,19H2,(H,20,22)(H,21,23). The molecule has 0 aromatic heterocycles. The van der Waals surface area contributed by atoms with Gasteiger partial charge in [-0.15, -0.1) is 0 Å². The van der Waals surface area contributed by atoms with E-state index in [4.69, 9.17) is 22.1 Å². The van der Waals surface area contributed by atoms with Crippen molar-refractivity contribution in [1.29, 1.82) is 0 Å². The summed E-state index contributed by atoms with van der Waals surface area (Å²) in [6.45, 7) is -0.656. The highest BCUT2D eigenvalue weighted by Gasteiger charge is 2.14. The summed E-state index contributed by atoms with van der Waals surface area (Å²) in [6, 6.07) is 9.14. The van der Waals surface area contributed by atoms with Crippen molar-refractivity contribution in [2.24, 2.45) is 0 Å². The molecule has 0 spiro atoms. The average molecular weight is 366 g/mol. The van der Waals surface area contributed by atoms with E-state index in [1.54, 1.807) is 0 Å². The third-order valence-electron chi connectivity index (χ3n) is 2.99. The first kappa shape index (κ1) is 18.2. The normalized spacial score (nSPS) is 10.0. The zero-order valence-corrected chi connectivity index (χ0v) is 13.5. The Labute approximate surface area is 146 Å². The van der Waals surface area contributed by atoms with E-state index in [2.05, 4.69) is 10.9 Å². The van der Waals surface area contributed by atoms with Crippen LogP contribution >= 0.6 is 11.6 Å². The molecule has 2 aromatic rings. The highest BCUT2D eigenvalue weighted by atomic mass is 35.5. The van der Waals surface area contributed by atoms with Gasteiger partial charge in [0.15, 0.2) is 6.61 Å². The van der Waals surface area contributed by atoms with Gasteiger partial charge in [0, 0.05) is 16.3 Å². The first-order chi connectivity index (χ1) is 11.9. The third-order valence-corrected chi connectivity index (χ3v) is 3.24. The zero-order valence-electron chi connectivity index (χ0n) is 12.7. The Kier molecular flexibility index (Phi) is 5.91. The van der Waals surface area contributed by atoms with E-state index in [1.807, 2.05) is 0 Å². The minimum Gasteiger partial charge on any atom is -0.452 e. The Bertz CT molecular complexity index is 812. The van der Waals surface area contributed by atoms with Crippen LogP contribution in [0.2, 0.25) is 5.02 Å². The Morgan fingerprint density at radius 1 is 1.08 bits per heavy atom. The van der Waals surface area contributed by atoms with E-state index in [9.17, 15) is 18.8 Å². The number of carbonyl (C=O) groups is 3. The lowest BCUT2D eigenvalue weighted by Gasteiger charge is -2.09. The maximum absolute atomic E-state index is 12.9. The first-order valence-corrected chi connectivity index (χ1v) is 7.31. The van der Waals surface area contributed by atoms with Crippen molar-refractivity contribution >= 4 is 35.1 Å². The minimum atomic E-state index is -0.892. The van der Waals surface area contributed by atoms with Crippen molar-refractivity contribution in [1.82, 2.24) is 10.9 Å². The molecule has 0 atom stereocenters. The molecule has 2 amide bonds. The molecule has 0 aliphatic heterocycles. The molecule has 0 unspecified atom stereocenters. The van der Waals surface area contributed by atoms with Crippen LogP contribution in [0.4, 0.5) is 10.1 Å². The second kappa shape index (κ2) is 8.11. The van der Waals surface area contributed by atoms with Crippen molar-refractivity contribution in [3.8, 4) is 0 Å². The van der Waals surface area contributed by atoms with Crippen LogP contribution in [0.1, 0.15) is 20.7 Å². The number of carbonyl (C=O) groups excluding carboxylic acids is 3. The Balaban J connectivity index is 1.81. The molecule has 0 radical (unpaired) electrons. The summed E-state index contributed by atoms with van der Waals surface area (Å²) >= 11 is 5.71. The van der Waals surface area contributed by atoms with Crippen LogP contribution in [-0.4, -0.2) is 24.4 Å². The van der Waals surface area contributed by atoms with Crippen molar-refractivity contribution < 1.29 is 23.5 Å². The van der Waals surface area contributed by atoms with Crippen LogP contribution in [0.25, 0.3) is 0 Å². The van der Waals surface area contributed by atoms with Gasteiger partial charge < -0.3 is 10.5 Å². The molecular formula is C16H13ClFN3O4. The van der Waals surface area contributed by atoms with Gasteiger partial charge in [-0.2, -0.15) is 0 Å². The number of nitrogens with two attached hydrogens (primary N) is 1. The van der Waals surface area contributed by atoms with Gasteiger partial charge in [0.25, 0.3) is 11.8 Å². The number of nitrogen functional groups attached to an aromatic ring is 1. The minimum absolute atomic E-state index is 0.0700. The molecule has 9 heteroatoms. The number of esters is 1. The quantitative estimate of drug-likeness (QED) is 0.433. The number of hydrazine groups is 1. The second-order valence-electron chi connectivity index (χ2n) is 4.82. The van der Waals surface area contributed by atoms with Crippen LogP contribution in [0.15, 0.2) is 42.5 Å². The SMILES string of the molecule is Nc1cc(F)ccc1C(=O)OCC(=O)NNC(=O)c1ccc(Cl)cc1. The molecule has 0 bridgehead atoms. The molecule has 0 heterocycles. The fourth-order valence-electron chi connectivity index (χ4n) is 1.76. The lowest BCUT2D eigenvalue weighted by atomic mass is 10.2. The number of halogens is 2. The van der Waals surface area contributed by atoms with Gasteiger partial charge in [0.05, 0.1) is 5.56 Å². The summed E-state index contributed by atoms with van der Waals surface area (Å²) in [6.07, 6.45) is 0. The van der Waals surface area contributed by atoms with E-state index in [1.165, 1.54) is 24.3 Å². The van der Waals surface area contributed by atoms with Crippen LogP contribution in [0.3, 0.4) is 0 Å². The van der Waals surface area contributed by atoms with Gasteiger partial charge in [0.1, 0.15) is 5.82 Å². The fraction of sp³-hybridized carbons (Fsp3) is 0.0625. The topological polar surface area (TPSA) is 111 Å². The van der Waals surface area contributed by atoms with Crippen LogP contribution in [-0.2, 0) is 9.53 Å². The van der Waals surface area contributed by atoms with Gasteiger partial charge >= 0.3 is 5.97 Å². The van der Waals surface area contributed by atoms with Crippen molar-refractivity contribution in [2.45, 2.75) is 0 Å². The number of hydrogen-bond donors (Lipinski definition) is 3. The zero-order chi connectivity index (χ0) is 18.4. The fourth-order valence-corrected chi connectivity index (χ4v) is 1.89. The van der Waals surface area contributed by atoms with E-state index in [0.29, 0.717) is 5.02 Å². The highest BCUT2D eigenvalue weighted by Crippen LogP contribution is 2.14. The maximum Gasteiger partial charge on any atom is 0.340 e. The van der Waals surface area contributed by atoms with Crippen molar-refractivity contribution in [2.75, 3.05) is 12.3 Å². The van der Waals surface area contributed by atoms with Crippen molar-refractivity contribution in [3.05, 3.63) is 64.4 Å². The predicted molar refractivity (Wildman–Crippen MR) is 88.2 cm³/mol. The molecule has 4 N–H and O–H groups in total. The Morgan fingerprint density at radius 3 is 2.40 bits per heavy atom. The van der Waals surface area contributed by atoms with Gasteiger partial charge in [0.2, 0.25) is 0 Å². The van der Waals surface area contributed by atoms with E-state index >= 15 is 0 Å². The number of ether oxygens (including phenoxy) is 1. The van der Waals surface area contributed by atoms with Crippen LogP contribution in [0, 0.1) is 5.82 Å². The summed E-state index contributed by atoms with van der Waals surface area (Å²) in [5.41, 5.74) is 9.83. The molecule has 0 saturated heterocycles. The monoisotopic (exact) mass is 365 g/mol. The summed E-state index contributed by atoms with van der Waals surface area (Å²) in [5.74, 6) is -2.83. The average Bonchev–Trinajstić information content (AvgIpc) is 2.58. The number of benzene rings is 2. The predicted octanol–water partition coefficient (Wildman–Crippen LogP) is 1.68. The van der Waals surface area contributed by atoms with Gasteiger partial charge in [-0.05, 0) is 42.5 Å². The highest BCUT2D eigenvalue weighted by molar-refractivity contribution is 6.30. The summed E-state index contributed by atoms with van der Waals surface area (Å²) < 4.78 is 17.7. The lowest BCUT2D eigenvalue weighted by Crippen LogP contribution is -2.43. The van der Waals surface area contributed by atoms with E-state index < -0.39 is 30.2 Å². The molecule has 2 aromatic carbocycles. The molecule has 25 heavy (non-hydrogen) atoms. The maximum atomic E-state index is 12.9. The van der Waals surface area contributed by atoms with Gasteiger partial charge in [-0.1, -0.05) is 11.6 Å². The first-order valence-electron chi connectivity index (χ1n) is 6.93. The number of amides is 2. The molecule has 130 valence electrons. The smallest absolute Gasteiger partial charge is 0.340 e. The van der Waals surface area contributed by atoms with Crippen molar-refractivity contribution in [3.63, 3.8) is 0 Å². The van der Waals surface area contributed by atoms with E-state index in [0.717, 1.165) is 18.2 Å². The number of hydrogen-bond acceptors (Lipinski definition) is 5. The summed E-state index contributed by atoms with van der Waals surface area (Å²) in [5, 5.41) is 0.465. The Morgan fingerprint density at radius 2 is 1.76 bits per heavy atom. The molecule has 2 rings (SSSR count). The third kappa shape index (κ3) is 5.18. The van der Waals surface area contributed by atoms with E-state index in [-0.39, 0.29) is 16.8 Å². The van der Waals surface area contributed by atoms with Gasteiger partial charge in [-0.25, -0.2) is 9.18 Å². The molecule has 0 aliphatic carbocycles. The van der Waals surface area contributed by atoms with Crippen LogP contribution < -0.4 is 16.6 Å². The number of anilines is 1. The number of nitrogens with one attached hydrogen (secondary N) is 2. The summed E-state index contributed by atoms with van der Waals surface area (Å²) in [7, 11) is 0. The molecule has 0 saturated carbocycles. The molecular weight excluding hydrogens is 353 g/mol. The lowest BCUT2D eigenvalue weighted by molar-refractivity contribution is -0.125. The van der Waals surface area contributed by atoms with Crippen LogP contribution in [0.5, 0.6) is 0 Å².